The van der Waals surface area contributed by atoms with E-state index in [-0.39, 0.29) is 18.7 Å². The van der Waals surface area contributed by atoms with Gasteiger partial charge in [0.25, 0.3) is 0 Å². The first kappa shape index (κ1) is 22.3. The van der Waals surface area contributed by atoms with E-state index < -0.39 is 18.4 Å². The number of anilines is 1. The van der Waals surface area contributed by atoms with Crippen molar-refractivity contribution in [2.24, 2.45) is 11.8 Å². The molecule has 1 aromatic heterocycles. The number of hydrogen-bond acceptors (Lipinski definition) is 5. The number of benzene rings is 1. The first-order valence-electron chi connectivity index (χ1n) is 12.1. The third-order valence-corrected chi connectivity index (χ3v) is 7.58. The van der Waals surface area contributed by atoms with E-state index in [0.717, 1.165) is 56.5 Å². The fourth-order valence-electron chi connectivity index (χ4n) is 5.72. The number of carbonyl (C=O) groups is 2. The predicted octanol–water partition coefficient (Wildman–Crippen LogP) is 3.56. The summed E-state index contributed by atoms with van der Waals surface area (Å²) < 4.78 is 28.3. The minimum absolute atomic E-state index is 0.184. The van der Waals surface area contributed by atoms with Crippen LogP contribution in [0.3, 0.4) is 0 Å². The summed E-state index contributed by atoms with van der Waals surface area (Å²) in [6, 6.07) is 5.52. The van der Waals surface area contributed by atoms with E-state index in [0.29, 0.717) is 21.3 Å². The van der Waals surface area contributed by atoms with Crippen molar-refractivity contribution in [2.75, 3.05) is 31.1 Å². The van der Waals surface area contributed by atoms with Crippen molar-refractivity contribution in [3.05, 3.63) is 23.9 Å². The van der Waals surface area contributed by atoms with Crippen molar-refractivity contribution < 1.29 is 18.4 Å². The number of carbonyl (C=O) groups excluding carboxylic acids is 2. The van der Waals surface area contributed by atoms with Crippen LogP contribution < -0.4 is 15.5 Å². The number of halogens is 2. The highest BCUT2D eigenvalue weighted by Crippen LogP contribution is 2.36. The number of imide groups is 1. The van der Waals surface area contributed by atoms with Gasteiger partial charge in [-0.25, -0.2) is 4.68 Å². The number of fused-ring (bicyclic) bond motifs is 1. The number of aromatic nitrogens is 2. The molecule has 178 valence electrons. The maximum Gasteiger partial charge on any atom is 0.333 e. The van der Waals surface area contributed by atoms with Crippen molar-refractivity contribution in [3.63, 3.8) is 0 Å². The SMILES string of the molecule is O=C1CCC(c2nn(C(F)F)c3cc(N4CCC(CC5CCNCC5)CC4)ccc23)C(=O)N1. The fourth-order valence-corrected chi connectivity index (χ4v) is 5.72. The Bertz CT molecular complexity index is 1030. The van der Waals surface area contributed by atoms with Gasteiger partial charge < -0.3 is 10.2 Å². The first-order chi connectivity index (χ1) is 16.0. The zero-order valence-corrected chi connectivity index (χ0v) is 18.7. The zero-order chi connectivity index (χ0) is 22.9. The summed E-state index contributed by atoms with van der Waals surface area (Å²) in [7, 11) is 0. The van der Waals surface area contributed by atoms with Crippen LogP contribution in [0.1, 0.15) is 63.1 Å². The standard InChI is InChI=1S/C24H31F2N5O2/c25-24(26)31-20-14-17(30-11-7-16(8-12-30)13-15-5-9-27-10-6-15)1-2-18(20)22(29-31)19-3-4-21(32)28-23(19)33/h1-2,14-16,19,24,27H,3-13H2,(H,28,32,33). The van der Waals surface area contributed by atoms with Crippen molar-refractivity contribution >= 4 is 28.4 Å². The number of nitrogens with zero attached hydrogens (tertiary/aromatic N) is 3. The van der Waals surface area contributed by atoms with Gasteiger partial charge in [-0.15, -0.1) is 0 Å². The van der Waals surface area contributed by atoms with Crippen LogP contribution >= 0.6 is 0 Å². The highest BCUT2D eigenvalue weighted by molar-refractivity contribution is 6.02. The number of rotatable bonds is 5. The van der Waals surface area contributed by atoms with E-state index in [1.54, 1.807) is 12.1 Å². The largest absolute Gasteiger partial charge is 0.371 e. The maximum atomic E-state index is 13.8. The fraction of sp³-hybridized carbons (Fsp3) is 0.625. The molecule has 7 nitrogen and oxygen atoms in total. The number of hydrogen-bond donors (Lipinski definition) is 2. The van der Waals surface area contributed by atoms with Crippen molar-refractivity contribution in [2.45, 2.75) is 57.4 Å². The van der Waals surface area contributed by atoms with E-state index in [2.05, 4.69) is 20.6 Å². The molecule has 5 rings (SSSR count). The van der Waals surface area contributed by atoms with Crippen molar-refractivity contribution in [3.8, 4) is 0 Å². The Hall–Kier alpha value is -2.55. The molecule has 0 saturated carbocycles. The lowest BCUT2D eigenvalue weighted by Gasteiger charge is -2.36. The molecule has 2 amide bonds. The second-order valence-electron chi connectivity index (χ2n) is 9.67. The molecule has 33 heavy (non-hydrogen) atoms. The summed E-state index contributed by atoms with van der Waals surface area (Å²) in [5.74, 6) is 0.0671. The molecule has 2 N–H and O–H groups in total. The van der Waals surface area contributed by atoms with Crippen LogP contribution in [0.5, 0.6) is 0 Å². The molecule has 1 atom stereocenters. The van der Waals surface area contributed by atoms with Gasteiger partial charge in [0.15, 0.2) is 0 Å². The van der Waals surface area contributed by atoms with Gasteiger partial charge in [0, 0.05) is 30.6 Å². The molecule has 0 aliphatic carbocycles. The van der Waals surface area contributed by atoms with Gasteiger partial charge in [0.2, 0.25) is 11.8 Å². The van der Waals surface area contributed by atoms with Crippen LogP contribution in [-0.4, -0.2) is 47.8 Å². The topological polar surface area (TPSA) is 79.3 Å². The lowest BCUT2D eigenvalue weighted by molar-refractivity contribution is -0.134. The van der Waals surface area contributed by atoms with Gasteiger partial charge in [0.05, 0.1) is 17.1 Å². The van der Waals surface area contributed by atoms with Gasteiger partial charge in [-0.05, 0) is 81.6 Å². The maximum absolute atomic E-state index is 13.8. The third-order valence-electron chi connectivity index (χ3n) is 7.58. The molecular formula is C24H31F2N5O2. The normalized spacial score (nSPS) is 23.5. The molecular weight excluding hydrogens is 428 g/mol. The summed E-state index contributed by atoms with van der Waals surface area (Å²) in [6.45, 7) is 1.29. The van der Waals surface area contributed by atoms with E-state index in [4.69, 9.17) is 0 Å². The van der Waals surface area contributed by atoms with Gasteiger partial charge in [-0.3, -0.25) is 14.9 Å². The second-order valence-corrected chi connectivity index (χ2v) is 9.67. The average Bonchev–Trinajstić information content (AvgIpc) is 3.19. The lowest BCUT2D eigenvalue weighted by atomic mass is 9.83. The van der Waals surface area contributed by atoms with Gasteiger partial charge in [-0.2, -0.15) is 13.9 Å². The van der Waals surface area contributed by atoms with E-state index in [1.807, 2.05) is 6.07 Å². The van der Waals surface area contributed by atoms with E-state index >= 15 is 0 Å². The molecule has 2 aromatic rings. The zero-order valence-electron chi connectivity index (χ0n) is 18.7. The van der Waals surface area contributed by atoms with Gasteiger partial charge in [-0.1, -0.05) is 0 Å². The molecule has 3 fully saturated rings. The number of alkyl halides is 2. The highest BCUT2D eigenvalue weighted by Gasteiger charge is 2.33. The summed E-state index contributed by atoms with van der Waals surface area (Å²) in [5.41, 5.74) is 1.57. The number of amides is 2. The summed E-state index contributed by atoms with van der Waals surface area (Å²) in [5, 5.41) is 10.4. The lowest BCUT2D eigenvalue weighted by Crippen LogP contribution is -2.39. The second kappa shape index (κ2) is 9.37. The van der Waals surface area contributed by atoms with Crippen LogP contribution in [-0.2, 0) is 9.59 Å². The minimum atomic E-state index is -2.81. The number of piperidine rings is 3. The average molecular weight is 460 g/mol. The Balaban J connectivity index is 1.33. The molecule has 3 aliphatic rings. The summed E-state index contributed by atoms with van der Waals surface area (Å²) in [6.07, 6.45) is 6.54. The number of nitrogens with one attached hydrogen (secondary N) is 2. The first-order valence-corrected chi connectivity index (χ1v) is 12.1. The van der Waals surface area contributed by atoms with Crippen LogP contribution in [0.15, 0.2) is 18.2 Å². The van der Waals surface area contributed by atoms with Crippen LogP contribution in [0, 0.1) is 11.8 Å². The molecule has 0 spiro atoms. The predicted molar refractivity (Wildman–Crippen MR) is 121 cm³/mol. The Labute approximate surface area is 191 Å². The summed E-state index contributed by atoms with van der Waals surface area (Å²) in [4.78, 5) is 26.1. The quantitative estimate of drug-likeness (QED) is 0.669. The molecule has 1 unspecified atom stereocenters. The molecule has 0 bridgehead atoms. The molecule has 3 saturated heterocycles. The van der Waals surface area contributed by atoms with Crippen molar-refractivity contribution in [1.29, 1.82) is 0 Å². The summed E-state index contributed by atoms with van der Waals surface area (Å²) >= 11 is 0. The Morgan fingerprint density at radius 2 is 1.76 bits per heavy atom. The van der Waals surface area contributed by atoms with Gasteiger partial charge >= 0.3 is 6.55 Å². The Kier molecular flexibility index (Phi) is 6.32. The molecule has 4 heterocycles. The van der Waals surface area contributed by atoms with E-state index in [1.165, 1.54) is 19.3 Å². The Morgan fingerprint density at radius 1 is 1.03 bits per heavy atom. The molecule has 0 radical (unpaired) electrons. The van der Waals surface area contributed by atoms with Crippen LogP contribution in [0.25, 0.3) is 10.9 Å². The Morgan fingerprint density at radius 3 is 2.45 bits per heavy atom. The third kappa shape index (κ3) is 4.60. The van der Waals surface area contributed by atoms with Crippen molar-refractivity contribution in [1.82, 2.24) is 20.4 Å². The highest BCUT2D eigenvalue weighted by atomic mass is 19.3. The van der Waals surface area contributed by atoms with E-state index in [9.17, 15) is 18.4 Å². The molecule has 1 aromatic carbocycles. The van der Waals surface area contributed by atoms with Crippen LogP contribution in [0.4, 0.5) is 14.5 Å². The molecule has 3 aliphatic heterocycles. The minimum Gasteiger partial charge on any atom is -0.371 e. The van der Waals surface area contributed by atoms with Crippen LogP contribution in [0.2, 0.25) is 0 Å². The smallest absolute Gasteiger partial charge is 0.333 e. The van der Waals surface area contributed by atoms with Gasteiger partial charge in [0.1, 0.15) is 0 Å². The molecule has 9 heteroatoms. The monoisotopic (exact) mass is 459 g/mol.